The Morgan fingerprint density at radius 1 is 1.19 bits per heavy atom. The van der Waals surface area contributed by atoms with E-state index in [2.05, 4.69) is 27.9 Å². The Morgan fingerprint density at radius 3 is 2.85 bits per heavy atom. The molecule has 3 aromatic rings. The van der Waals surface area contributed by atoms with Crippen molar-refractivity contribution in [3.63, 3.8) is 0 Å². The summed E-state index contributed by atoms with van der Waals surface area (Å²) in [5.74, 6) is -0.380. The highest BCUT2D eigenvalue weighted by Gasteiger charge is 2.25. The third-order valence-corrected chi connectivity index (χ3v) is 4.83. The summed E-state index contributed by atoms with van der Waals surface area (Å²) in [6.45, 7) is 0.721. The van der Waals surface area contributed by atoms with Gasteiger partial charge in [0.25, 0.3) is 0 Å². The van der Waals surface area contributed by atoms with Gasteiger partial charge in [-0.2, -0.15) is 5.10 Å². The number of nitrogens with one attached hydrogen (secondary N) is 2. The molecule has 0 spiro atoms. The minimum Gasteiger partial charge on any atom is -0.331 e. The highest BCUT2D eigenvalue weighted by molar-refractivity contribution is 5.89. The van der Waals surface area contributed by atoms with Crippen LogP contribution in [0.4, 0.5) is 14.9 Å². The minimum absolute atomic E-state index is 0.0909. The molecule has 1 unspecified atom stereocenters. The van der Waals surface area contributed by atoms with Crippen LogP contribution >= 0.6 is 0 Å². The molecule has 0 bridgehead atoms. The van der Waals surface area contributed by atoms with Crippen LogP contribution in [0.5, 0.6) is 0 Å². The molecule has 5 nitrogen and oxygen atoms in total. The Morgan fingerprint density at radius 2 is 2.04 bits per heavy atom. The van der Waals surface area contributed by atoms with Gasteiger partial charge in [-0.05, 0) is 43.0 Å². The molecule has 0 saturated heterocycles. The average molecular weight is 364 g/mol. The van der Waals surface area contributed by atoms with E-state index in [1.807, 2.05) is 29.1 Å². The molecule has 6 heteroatoms. The number of hydrogen-bond acceptors (Lipinski definition) is 2. The van der Waals surface area contributed by atoms with Gasteiger partial charge in [-0.1, -0.05) is 36.4 Å². The quantitative estimate of drug-likeness (QED) is 0.726. The monoisotopic (exact) mass is 364 g/mol. The molecule has 138 valence electrons. The van der Waals surface area contributed by atoms with Gasteiger partial charge < -0.3 is 10.6 Å². The number of halogens is 1. The smallest absolute Gasteiger partial charge is 0.319 e. The maximum absolute atomic E-state index is 13.3. The molecule has 0 radical (unpaired) electrons. The van der Waals surface area contributed by atoms with Crippen molar-refractivity contribution < 1.29 is 9.18 Å². The van der Waals surface area contributed by atoms with Gasteiger partial charge in [0.1, 0.15) is 5.82 Å². The van der Waals surface area contributed by atoms with Gasteiger partial charge in [-0.25, -0.2) is 9.18 Å². The van der Waals surface area contributed by atoms with Crippen molar-refractivity contribution in [3.05, 3.63) is 83.4 Å². The van der Waals surface area contributed by atoms with Crippen molar-refractivity contribution in [1.29, 1.82) is 0 Å². The second-order valence-corrected chi connectivity index (χ2v) is 6.74. The molecule has 0 aliphatic heterocycles. The number of anilines is 1. The topological polar surface area (TPSA) is 59.0 Å². The van der Waals surface area contributed by atoms with Crippen LogP contribution in [-0.2, 0) is 13.0 Å². The molecule has 2 aromatic carbocycles. The number of benzene rings is 2. The summed E-state index contributed by atoms with van der Waals surface area (Å²) in [5, 5.41) is 10.2. The van der Waals surface area contributed by atoms with E-state index in [0.29, 0.717) is 5.69 Å². The Kier molecular flexibility index (Phi) is 4.87. The first-order chi connectivity index (χ1) is 13.2. The molecular formula is C21H21FN4O. The SMILES string of the molecule is O=C(Nc1cccc(F)c1)NC1CCCc2c1cnn2Cc1ccccc1. The highest BCUT2D eigenvalue weighted by Crippen LogP contribution is 2.30. The van der Waals surface area contributed by atoms with Gasteiger partial charge in [-0.3, -0.25) is 4.68 Å². The van der Waals surface area contributed by atoms with Crippen LogP contribution < -0.4 is 10.6 Å². The second kappa shape index (κ2) is 7.61. The molecule has 2 amide bonds. The second-order valence-electron chi connectivity index (χ2n) is 6.74. The number of amides is 2. The zero-order valence-electron chi connectivity index (χ0n) is 14.9. The van der Waals surface area contributed by atoms with Gasteiger partial charge in [0, 0.05) is 16.9 Å². The number of hydrogen-bond donors (Lipinski definition) is 2. The van der Waals surface area contributed by atoms with Crippen molar-refractivity contribution in [2.75, 3.05) is 5.32 Å². The number of rotatable bonds is 4. The van der Waals surface area contributed by atoms with Crippen LogP contribution in [-0.4, -0.2) is 15.8 Å². The van der Waals surface area contributed by atoms with Crippen molar-refractivity contribution in [1.82, 2.24) is 15.1 Å². The fraction of sp³-hybridized carbons (Fsp3) is 0.238. The molecular weight excluding hydrogens is 343 g/mol. The molecule has 1 aliphatic rings. The fourth-order valence-electron chi connectivity index (χ4n) is 3.55. The van der Waals surface area contributed by atoms with E-state index in [4.69, 9.17) is 0 Å². The maximum atomic E-state index is 13.3. The maximum Gasteiger partial charge on any atom is 0.319 e. The van der Waals surface area contributed by atoms with Crippen molar-refractivity contribution in [2.45, 2.75) is 31.8 Å². The standard InChI is InChI=1S/C21H21FN4O/c22-16-8-4-9-17(12-16)24-21(27)25-19-10-5-11-20-18(19)13-23-26(20)14-15-6-2-1-3-7-15/h1-4,6-9,12-13,19H,5,10-11,14H2,(H2,24,25,27). The Labute approximate surface area is 157 Å². The van der Waals surface area contributed by atoms with Crippen molar-refractivity contribution in [3.8, 4) is 0 Å². The van der Waals surface area contributed by atoms with E-state index in [0.717, 1.165) is 31.4 Å². The molecule has 0 fully saturated rings. The van der Waals surface area contributed by atoms with E-state index in [9.17, 15) is 9.18 Å². The van der Waals surface area contributed by atoms with E-state index >= 15 is 0 Å². The van der Waals surface area contributed by atoms with Gasteiger partial charge in [0.2, 0.25) is 0 Å². The molecule has 4 rings (SSSR count). The zero-order valence-corrected chi connectivity index (χ0v) is 14.9. The number of carbonyl (C=O) groups excluding carboxylic acids is 1. The number of aromatic nitrogens is 2. The van der Waals surface area contributed by atoms with E-state index in [1.54, 1.807) is 12.1 Å². The van der Waals surface area contributed by atoms with E-state index < -0.39 is 0 Å². The van der Waals surface area contributed by atoms with Gasteiger partial charge >= 0.3 is 6.03 Å². The first-order valence-corrected chi connectivity index (χ1v) is 9.10. The number of fused-ring (bicyclic) bond motifs is 1. The molecule has 1 heterocycles. The molecule has 1 aliphatic carbocycles. The number of urea groups is 1. The average Bonchev–Trinajstić information content (AvgIpc) is 3.06. The van der Waals surface area contributed by atoms with Gasteiger partial charge in [0.15, 0.2) is 0 Å². The molecule has 1 atom stereocenters. The molecule has 27 heavy (non-hydrogen) atoms. The lowest BCUT2D eigenvalue weighted by Gasteiger charge is -2.24. The lowest BCUT2D eigenvalue weighted by Crippen LogP contribution is -2.34. The summed E-state index contributed by atoms with van der Waals surface area (Å²) in [4.78, 5) is 12.3. The van der Waals surface area contributed by atoms with Gasteiger partial charge in [-0.15, -0.1) is 0 Å². The summed E-state index contributed by atoms with van der Waals surface area (Å²) >= 11 is 0. The summed E-state index contributed by atoms with van der Waals surface area (Å²) in [6.07, 6.45) is 4.65. The Hall–Kier alpha value is -3.15. The molecule has 0 saturated carbocycles. The normalized spacial score (nSPS) is 15.8. The van der Waals surface area contributed by atoms with E-state index in [-0.39, 0.29) is 17.9 Å². The first-order valence-electron chi connectivity index (χ1n) is 9.10. The lowest BCUT2D eigenvalue weighted by atomic mass is 9.93. The van der Waals surface area contributed by atoms with Crippen molar-refractivity contribution >= 4 is 11.7 Å². The summed E-state index contributed by atoms with van der Waals surface area (Å²) in [5.41, 5.74) is 3.86. The minimum atomic E-state index is -0.380. The first kappa shape index (κ1) is 17.3. The van der Waals surface area contributed by atoms with Crippen LogP contribution in [0.3, 0.4) is 0 Å². The third-order valence-electron chi connectivity index (χ3n) is 4.83. The summed E-state index contributed by atoms with van der Waals surface area (Å²) in [7, 11) is 0. The fourth-order valence-corrected chi connectivity index (χ4v) is 3.55. The zero-order chi connectivity index (χ0) is 18.6. The number of nitrogens with zero attached hydrogens (tertiary/aromatic N) is 2. The largest absolute Gasteiger partial charge is 0.331 e. The van der Waals surface area contributed by atoms with Crippen molar-refractivity contribution in [2.24, 2.45) is 0 Å². The third kappa shape index (κ3) is 4.00. The number of carbonyl (C=O) groups is 1. The van der Waals surface area contributed by atoms with Crippen LogP contribution in [0, 0.1) is 5.82 Å². The van der Waals surface area contributed by atoms with Crippen LogP contribution in [0.25, 0.3) is 0 Å². The van der Waals surface area contributed by atoms with Crippen LogP contribution in [0.15, 0.2) is 60.8 Å². The van der Waals surface area contributed by atoms with Gasteiger partial charge in [0.05, 0.1) is 18.8 Å². The van der Waals surface area contributed by atoms with Crippen LogP contribution in [0.1, 0.15) is 35.7 Å². The lowest BCUT2D eigenvalue weighted by molar-refractivity contribution is 0.247. The highest BCUT2D eigenvalue weighted by atomic mass is 19.1. The molecule has 1 aromatic heterocycles. The van der Waals surface area contributed by atoms with E-state index in [1.165, 1.54) is 23.4 Å². The Bertz CT molecular complexity index is 938. The predicted octanol–water partition coefficient (Wildman–Crippen LogP) is 4.27. The molecule has 2 N–H and O–H groups in total. The summed E-state index contributed by atoms with van der Waals surface area (Å²) in [6, 6.07) is 15.6. The summed E-state index contributed by atoms with van der Waals surface area (Å²) < 4.78 is 15.3. The Balaban J connectivity index is 1.46. The predicted molar refractivity (Wildman–Crippen MR) is 102 cm³/mol. The van der Waals surface area contributed by atoms with Crippen LogP contribution in [0.2, 0.25) is 0 Å².